The molecule has 1 atom stereocenters. The Kier molecular flexibility index (Phi) is 8.10. The third kappa shape index (κ3) is 8.60. The lowest BCUT2D eigenvalue weighted by molar-refractivity contribution is -0.149. The van der Waals surface area contributed by atoms with Crippen LogP contribution in [0.2, 0.25) is 0 Å². The Morgan fingerprint density at radius 2 is 1.94 bits per heavy atom. The van der Waals surface area contributed by atoms with Crippen molar-refractivity contribution in [3.8, 4) is 0 Å². The van der Waals surface area contributed by atoms with Gasteiger partial charge in [0.15, 0.2) is 0 Å². The fourth-order valence-electron chi connectivity index (χ4n) is 0.893. The van der Waals surface area contributed by atoms with Crippen LogP contribution < -0.4 is 5.73 Å². The van der Waals surface area contributed by atoms with Crippen molar-refractivity contribution in [1.82, 2.24) is 0 Å². The van der Waals surface area contributed by atoms with E-state index in [2.05, 4.69) is 0 Å². The zero-order chi connectivity index (χ0) is 12.4. The molecule has 0 fully saturated rings. The number of carbonyl (C=O) groups is 1. The minimum Gasteiger partial charge on any atom is -0.463 e. The van der Waals surface area contributed by atoms with Crippen LogP contribution in [0.5, 0.6) is 0 Å². The van der Waals surface area contributed by atoms with Gasteiger partial charge in [0.05, 0.1) is 31.8 Å². The Bertz CT molecular complexity index is 196. The molecule has 0 spiro atoms. The Morgan fingerprint density at radius 1 is 1.31 bits per heavy atom. The standard InChI is InChI=1S/C10H21NO5/c1-10(13,8-11)7-9(12)16-6-5-15-4-3-14-2/h13H,3-8,11H2,1-2H3. The quantitative estimate of drug-likeness (QED) is 0.405. The van der Waals surface area contributed by atoms with Gasteiger partial charge in [-0.3, -0.25) is 4.79 Å². The van der Waals surface area contributed by atoms with Crippen molar-refractivity contribution in [2.45, 2.75) is 18.9 Å². The predicted molar refractivity (Wildman–Crippen MR) is 57.9 cm³/mol. The molecule has 0 radical (unpaired) electrons. The Morgan fingerprint density at radius 3 is 2.50 bits per heavy atom. The summed E-state index contributed by atoms with van der Waals surface area (Å²) in [4.78, 5) is 11.2. The molecule has 0 amide bonds. The van der Waals surface area contributed by atoms with Crippen LogP contribution in [-0.2, 0) is 19.0 Å². The third-order valence-corrected chi connectivity index (χ3v) is 1.89. The van der Waals surface area contributed by atoms with E-state index in [1.54, 1.807) is 7.11 Å². The fourth-order valence-corrected chi connectivity index (χ4v) is 0.893. The van der Waals surface area contributed by atoms with Crippen LogP contribution in [0.15, 0.2) is 0 Å². The second-order valence-electron chi connectivity index (χ2n) is 3.70. The molecule has 0 rings (SSSR count). The molecule has 1 unspecified atom stereocenters. The first kappa shape index (κ1) is 15.3. The van der Waals surface area contributed by atoms with Crippen molar-refractivity contribution in [2.24, 2.45) is 5.73 Å². The lowest BCUT2D eigenvalue weighted by Gasteiger charge is -2.19. The van der Waals surface area contributed by atoms with Gasteiger partial charge in [-0.15, -0.1) is 0 Å². The zero-order valence-electron chi connectivity index (χ0n) is 9.90. The molecule has 3 N–H and O–H groups in total. The summed E-state index contributed by atoms with van der Waals surface area (Å²) in [6.07, 6.45) is -0.110. The van der Waals surface area contributed by atoms with Gasteiger partial charge in [-0.2, -0.15) is 0 Å². The zero-order valence-corrected chi connectivity index (χ0v) is 9.90. The number of methoxy groups -OCH3 is 1. The average Bonchev–Trinajstić information content (AvgIpc) is 2.22. The van der Waals surface area contributed by atoms with Crippen LogP contribution in [0.3, 0.4) is 0 Å². The second kappa shape index (κ2) is 8.46. The molecule has 6 heteroatoms. The molecular formula is C10H21NO5. The Balaban J connectivity index is 3.44. The molecule has 0 aromatic rings. The first-order chi connectivity index (χ1) is 7.52. The van der Waals surface area contributed by atoms with Crippen LogP contribution in [0.4, 0.5) is 0 Å². The number of hydrogen-bond acceptors (Lipinski definition) is 6. The summed E-state index contributed by atoms with van der Waals surface area (Å²) >= 11 is 0. The summed E-state index contributed by atoms with van der Waals surface area (Å²) in [6.45, 7) is 2.98. The lowest BCUT2D eigenvalue weighted by Crippen LogP contribution is -2.37. The van der Waals surface area contributed by atoms with Crippen molar-refractivity contribution in [3.05, 3.63) is 0 Å². The first-order valence-electron chi connectivity index (χ1n) is 5.16. The molecule has 96 valence electrons. The largest absolute Gasteiger partial charge is 0.463 e. The number of carbonyl (C=O) groups excluding carboxylic acids is 1. The van der Waals surface area contributed by atoms with Crippen LogP contribution >= 0.6 is 0 Å². The van der Waals surface area contributed by atoms with Crippen LogP contribution in [0.25, 0.3) is 0 Å². The molecule has 16 heavy (non-hydrogen) atoms. The highest BCUT2D eigenvalue weighted by molar-refractivity contribution is 5.70. The highest BCUT2D eigenvalue weighted by Gasteiger charge is 2.23. The van der Waals surface area contributed by atoms with Crippen molar-refractivity contribution in [1.29, 1.82) is 0 Å². The number of hydrogen-bond donors (Lipinski definition) is 2. The molecule has 0 heterocycles. The number of nitrogens with two attached hydrogens (primary N) is 1. The van der Waals surface area contributed by atoms with E-state index in [-0.39, 0.29) is 19.6 Å². The van der Waals surface area contributed by atoms with E-state index in [0.29, 0.717) is 19.8 Å². The maximum Gasteiger partial charge on any atom is 0.308 e. The van der Waals surface area contributed by atoms with Gasteiger partial charge in [0.1, 0.15) is 6.61 Å². The number of ether oxygens (including phenoxy) is 3. The van der Waals surface area contributed by atoms with Gasteiger partial charge in [0, 0.05) is 13.7 Å². The van der Waals surface area contributed by atoms with E-state index < -0.39 is 11.6 Å². The van der Waals surface area contributed by atoms with Crippen molar-refractivity contribution >= 4 is 5.97 Å². The average molecular weight is 235 g/mol. The van der Waals surface area contributed by atoms with E-state index >= 15 is 0 Å². The Labute approximate surface area is 95.7 Å². The minimum atomic E-state index is -1.20. The van der Waals surface area contributed by atoms with Gasteiger partial charge in [0.2, 0.25) is 0 Å². The fraction of sp³-hybridized carbons (Fsp3) is 0.900. The molecular weight excluding hydrogens is 214 g/mol. The summed E-state index contributed by atoms with van der Waals surface area (Å²) in [5, 5.41) is 9.49. The topological polar surface area (TPSA) is 91.0 Å². The summed E-state index contributed by atoms with van der Waals surface area (Å²) < 4.78 is 14.7. The number of aliphatic hydroxyl groups is 1. The maximum absolute atomic E-state index is 11.2. The molecule has 0 aliphatic heterocycles. The van der Waals surface area contributed by atoms with Gasteiger partial charge >= 0.3 is 5.97 Å². The van der Waals surface area contributed by atoms with Gasteiger partial charge < -0.3 is 25.1 Å². The monoisotopic (exact) mass is 235 g/mol. The summed E-state index contributed by atoms with van der Waals surface area (Å²) in [5.74, 6) is -0.481. The smallest absolute Gasteiger partial charge is 0.308 e. The van der Waals surface area contributed by atoms with Crippen LogP contribution in [0, 0.1) is 0 Å². The first-order valence-corrected chi connectivity index (χ1v) is 5.16. The van der Waals surface area contributed by atoms with Gasteiger partial charge in [-0.05, 0) is 6.92 Å². The number of esters is 1. The van der Waals surface area contributed by atoms with E-state index in [0.717, 1.165) is 0 Å². The van der Waals surface area contributed by atoms with E-state index in [1.807, 2.05) is 0 Å². The van der Waals surface area contributed by atoms with Crippen molar-refractivity contribution < 1.29 is 24.1 Å². The highest BCUT2D eigenvalue weighted by atomic mass is 16.6. The van der Waals surface area contributed by atoms with Gasteiger partial charge in [-0.25, -0.2) is 0 Å². The summed E-state index contributed by atoms with van der Waals surface area (Å²) in [7, 11) is 1.58. The van der Waals surface area contributed by atoms with Crippen LogP contribution in [0.1, 0.15) is 13.3 Å². The third-order valence-electron chi connectivity index (χ3n) is 1.89. The second-order valence-corrected chi connectivity index (χ2v) is 3.70. The van der Waals surface area contributed by atoms with Gasteiger partial charge in [-0.1, -0.05) is 0 Å². The summed E-state index contributed by atoms with van der Waals surface area (Å²) in [5.41, 5.74) is 4.07. The molecule has 0 bridgehead atoms. The SMILES string of the molecule is COCCOCCOC(=O)CC(C)(O)CN. The van der Waals surface area contributed by atoms with E-state index in [1.165, 1.54) is 6.92 Å². The molecule has 6 nitrogen and oxygen atoms in total. The van der Waals surface area contributed by atoms with Crippen molar-refractivity contribution in [3.63, 3.8) is 0 Å². The molecule has 0 saturated carbocycles. The normalized spacial score (nSPS) is 14.5. The summed E-state index contributed by atoms with van der Waals surface area (Å²) in [6, 6.07) is 0. The molecule has 0 aliphatic rings. The predicted octanol–water partition coefficient (Wildman–Crippen LogP) is -0.708. The van der Waals surface area contributed by atoms with E-state index in [4.69, 9.17) is 19.9 Å². The minimum absolute atomic E-state index is 0.0203. The van der Waals surface area contributed by atoms with Crippen LogP contribution in [-0.4, -0.2) is 56.8 Å². The highest BCUT2D eigenvalue weighted by Crippen LogP contribution is 2.07. The molecule has 0 aromatic heterocycles. The lowest BCUT2D eigenvalue weighted by atomic mass is 10.0. The molecule has 0 aromatic carbocycles. The van der Waals surface area contributed by atoms with Crippen molar-refractivity contribution in [2.75, 3.05) is 40.1 Å². The molecule has 0 aliphatic carbocycles. The Hall–Kier alpha value is -0.690. The number of rotatable bonds is 9. The van der Waals surface area contributed by atoms with Gasteiger partial charge in [0.25, 0.3) is 0 Å². The maximum atomic E-state index is 11.2. The molecule has 0 saturated heterocycles. The van der Waals surface area contributed by atoms with E-state index in [9.17, 15) is 9.90 Å².